The van der Waals surface area contributed by atoms with Crippen LogP contribution in [0.3, 0.4) is 0 Å². The maximum atomic E-state index is 13.3. The van der Waals surface area contributed by atoms with Crippen LogP contribution in [0.1, 0.15) is 105 Å². The highest BCUT2D eigenvalue weighted by Crippen LogP contribution is 2.67. The smallest absolute Gasteiger partial charge is 0.266 e. The summed E-state index contributed by atoms with van der Waals surface area (Å²) in [5, 5.41) is 0. The van der Waals surface area contributed by atoms with Crippen LogP contribution in [-0.2, 0) is 20.4 Å². The number of allylic oxidation sites excluding steroid dienone is 2. The van der Waals surface area contributed by atoms with Crippen molar-refractivity contribution in [3.8, 4) is 9.75 Å². The third kappa shape index (κ3) is 4.42. The average Bonchev–Trinajstić information content (AvgIpc) is 3.90. The van der Waals surface area contributed by atoms with Crippen LogP contribution in [0.15, 0.2) is 27.5 Å². The Hall–Kier alpha value is -1.60. The molecule has 2 saturated heterocycles. The normalized spacial score (nSPS) is 24.6. The van der Waals surface area contributed by atoms with Crippen LogP contribution < -0.4 is 0 Å². The summed E-state index contributed by atoms with van der Waals surface area (Å²) >= 11 is 19.9. The van der Waals surface area contributed by atoms with Gasteiger partial charge in [0.2, 0.25) is 0 Å². The number of amides is 2. The van der Waals surface area contributed by atoms with E-state index in [4.69, 9.17) is 24.4 Å². The highest BCUT2D eigenvalue weighted by molar-refractivity contribution is 8.27. The lowest BCUT2D eigenvalue weighted by Crippen LogP contribution is -2.29. The molecular formula is C36H34N2O2S7. The number of thiophene rings is 3. The zero-order chi connectivity index (χ0) is 32.2. The zero-order valence-corrected chi connectivity index (χ0v) is 32.1. The summed E-state index contributed by atoms with van der Waals surface area (Å²) in [6.45, 7) is 5.21. The molecule has 2 aliphatic heterocycles. The van der Waals surface area contributed by atoms with Crippen molar-refractivity contribution in [2.24, 2.45) is 0 Å². The van der Waals surface area contributed by atoms with Crippen LogP contribution in [0.25, 0.3) is 31.3 Å². The minimum absolute atomic E-state index is 0.0310. The Morgan fingerprint density at radius 3 is 1.89 bits per heavy atom. The molecule has 2 amide bonds. The Morgan fingerprint density at radius 2 is 1.30 bits per heavy atom. The van der Waals surface area contributed by atoms with E-state index in [2.05, 4.69) is 24.3 Å². The van der Waals surface area contributed by atoms with Crippen molar-refractivity contribution in [3.05, 3.63) is 54.0 Å². The van der Waals surface area contributed by atoms with Crippen molar-refractivity contribution >= 4 is 124 Å². The molecule has 47 heavy (non-hydrogen) atoms. The molecule has 9 rings (SSSR count). The summed E-state index contributed by atoms with van der Waals surface area (Å²) in [6.07, 6.45) is 18.9. The number of carbonyl (C=O) groups excluding carboxylic acids is 2. The lowest BCUT2D eigenvalue weighted by molar-refractivity contribution is -0.122. The Morgan fingerprint density at radius 1 is 0.723 bits per heavy atom. The molecule has 11 heteroatoms. The van der Waals surface area contributed by atoms with Crippen LogP contribution in [-0.4, -0.2) is 43.3 Å². The van der Waals surface area contributed by atoms with Crippen molar-refractivity contribution in [3.63, 3.8) is 0 Å². The van der Waals surface area contributed by atoms with E-state index in [1.165, 1.54) is 115 Å². The molecule has 2 spiro atoms. The van der Waals surface area contributed by atoms with Gasteiger partial charge < -0.3 is 0 Å². The Kier molecular flexibility index (Phi) is 7.66. The predicted octanol–water partition coefficient (Wildman–Crippen LogP) is 10.8. The molecule has 0 atom stereocenters. The lowest BCUT2D eigenvalue weighted by Gasteiger charge is -2.36. The molecule has 4 nitrogen and oxygen atoms in total. The van der Waals surface area contributed by atoms with Gasteiger partial charge in [0.1, 0.15) is 8.64 Å². The van der Waals surface area contributed by atoms with Gasteiger partial charge in [-0.3, -0.25) is 19.4 Å². The maximum absolute atomic E-state index is 13.3. The first kappa shape index (κ1) is 31.4. The summed E-state index contributed by atoms with van der Waals surface area (Å²) in [5.74, 6) is 0.0938. The minimum Gasteiger partial charge on any atom is -0.293 e. The molecule has 0 radical (unpaired) electrons. The summed E-state index contributed by atoms with van der Waals surface area (Å²) in [6, 6.07) is 2.41. The van der Waals surface area contributed by atoms with Crippen LogP contribution in [0.5, 0.6) is 0 Å². The van der Waals surface area contributed by atoms with Crippen molar-refractivity contribution in [1.82, 2.24) is 9.80 Å². The van der Waals surface area contributed by atoms with Gasteiger partial charge in [0.05, 0.1) is 24.1 Å². The largest absolute Gasteiger partial charge is 0.293 e. The molecule has 3 aromatic heterocycles. The fraction of sp³-hybridized carbons (Fsp3) is 0.444. The van der Waals surface area contributed by atoms with Gasteiger partial charge in [0.25, 0.3) is 11.8 Å². The molecule has 4 fully saturated rings. The van der Waals surface area contributed by atoms with E-state index in [0.717, 1.165) is 22.7 Å². The average molecular weight is 751 g/mol. The summed E-state index contributed by atoms with van der Waals surface area (Å²) in [4.78, 5) is 36.8. The second-order valence-electron chi connectivity index (χ2n) is 13.4. The van der Waals surface area contributed by atoms with E-state index in [-0.39, 0.29) is 22.6 Å². The molecule has 5 heterocycles. The van der Waals surface area contributed by atoms with Gasteiger partial charge >= 0.3 is 0 Å². The molecular weight excluding hydrogens is 717 g/mol. The number of rotatable bonds is 4. The zero-order valence-electron chi connectivity index (χ0n) is 26.4. The predicted molar refractivity (Wildman–Crippen MR) is 211 cm³/mol. The van der Waals surface area contributed by atoms with Crippen molar-refractivity contribution < 1.29 is 9.59 Å². The van der Waals surface area contributed by atoms with Gasteiger partial charge in [-0.15, -0.1) is 34.0 Å². The number of nitrogens with zero attached hydrogens (tertiary/aromatic N) is 2. The number of hydrogen-bond acceptors (Lipinski definition) is 9. The number of hydrogen-bond donors (Lipinski definition) is 0. The van der Waals surface area contributed by atoms with E-state index in [1.54, 1.807) is 20.9 Å². The Labute approximate surface area is 306 Å². The quantitative estimate of drug-likeness (QED) is 0.195. The highest BCUT2D eigenvalue weighted by atomic mass is 32.2. The third-order valence-electron chi connectivity index (χ3n) is 11.2. The maximum Gasteiger partial charge on any atom is 0.266 e. The first-order valence-electron chi connectivity index (χ1n) is 16.8. The second-order valence-corrected chi connectivity index (χ2v) is 19.9. The van der Waals surface area contributed by atoms with Crippen molar-refractivity contribution in [1.29, 1.82) is 0 Å². The molecule has 0 unspecified atom stereocenters. The minimum atomic E-state index is -0.0310. The van der Waals surface area contributed by atoms with E-state index in [1.807, 2.05) is 47.9 Å². The van der Waals surface area contributed by atoms with Crippen LogP contribution >= 0.6 is 82.0 Å². The van der Waals surface area contributed by atoms with E-state index >= 15 is 0 Å². The van der Waals surface area contributed by atoms with Gasteiger partial charge in [-0.25, -0.2) is 0 Å². The molecule has 4 aliphatic carbocycles. The standard InChI is InChI=1S/C36H34N2O2S7/c1-3-37-31(39)23(45-33(37)41)16-19-15-22-25(35(19)11-7-5-8-12-35)28-30(44-22)26-29(47-28)27-21(36(26)13-9-6-10-14-36)17-20(43-27)18-24-32(40)38(4-2)34(42)46-24/h15-18H,3-14H2,1-2H3/b23-16-,24-18-. The summed E-state index contributed by atoms with van der Waals surface area (Å²) < 4.78 is 4.34. The van der Waals surface area contributed by atoms with Gasteiger partial charge in [-0.1, -0.05) is 86.5 Å². The molecule has 0 bridgehead atoms. The van der Waals surface area contributed by atoms with Crippen molar-refractivity contribution in [2.45, 2.75) is 88.9 Å². The van der Waals surface area contributed by atoms with Gasteiger partial charge in [0, 0.05) is 44.1 Å². The monoisotopic (exact) mass is 750 g/mol. The van der Waals surface area contributed by atoms with Crippen molar-refractivity contribution in [2.75, 3.05) is 13.1 Å². The van der Waals surface area contributed by atoms with E-state index in [9.17, 15) is 9.59 Å². The summed E-state index contributed by atoms with van der Waals surface area (Å²) in [7, 11) is 0. The first-order valence-corrected chi connectivity index (χ1v) is 21.7. The number of likely N-dealkylation sites (N-methyl/N-ethyl adjacent to an activating group) is 2. The van der Waals surface area contributed by atoms with Gasteiger partial charge in [-0.2, -0.15) is 0 Å². The molecule has 2 saturated carbocycles. The fourth-order valence-electron chi connectivity index (χ4n) is 9.03. The SMILES string of the molecule is CCN1C(=O)/C(=C/C2=Cc3sc4c5c(sc4c3C23CCCCC3)-c2sc(/C=C3\SC(=S)N(CC)C3=O)cc2C52CCCCC2)SC1=S. The second kappa shape index (κ2) is 11.5. The Bertz CT molecular complexity index is 2030. The van der Waals surface area contributed by atoms with E-state index < -0.39 is 0 Å². The molecule has 6 aliphatic rings. The van der Waals surface area contributed by atoms with Crippen LogP contribution in [0, 0.1) is 0 Å². The van der Waals surface area contributed by atoms with Gasteiger partial charge in [-0.05, 0) is 80.5 Å². The van der Waals surface area contributed by atoms with Crippen LogP contribution in [0.4, 0.5) is 0 Å². The van der Waals surface area contributed by atoms with E-state index in [0.29, 0.717) is 21.7 Å². The Balaban J connectivity index is 1.18. The molecule has 3 aromatic rings. The fourth-order valence-corrected chi connectivity index (χ4v) is 16.4. The first-order chi connectivity index (χ1) is 22.8. The topological polar surface area (TPSA) is 40.6 Å². The lowest BCUT2D eigenvalue weighted by atomic mass is 9.66. The number of carbonyl (C=O) groups is 2. The molecule has 0 aromatic carbocycles. The molecule has 242 valence electrons. The van der Waals surface area contributed by atoms with Gasteiger partial charge in [0.15, 0.2) is 0 Å². The van der Waals surface area contributed by atoms with Crippen LogP contribution in [0.2, 0.25) is 0 Å². The number of thiocarbonyl (C=S) groups is 2. The molecule has 0 N–H and O–H groups in total. The third-order valence-corrected chi connectivity index (χ3v) is 17.7. The highest BCUT2D eigenvalue weighted by Gasteiger charge is 2.51. The summed E-state index contributed by atoms with van der Waals surface area (Å²) in [5.41, 5.74) is 5.99. The number of fused-ring (bicyclic) bond motifs is 10. The number of thioether (sulfide) groups is 2.